The molecule has 4 rings (SSSR count). The van der Waals surface area contributed by atoms with Gasteiger partial charge in [-0.25, -0.2) is 4.79 Å². The van der Waals surface area contributed by atoms with E-state index in [2.05, 4.69) is 5.32 Å². The number of cyclic esters (lactones) is 1. The summed E-state index contributed by atoms with van der Waals surface area (Å²) in [5.74, 6) is 1.15. The summed E-state index contributed by atoms with van der Waals surface area (Å²) in [5, 5.41) is 2.90. The minimum absolute atomic E-state index is 0.0562. The van der Waals surface area contributed by atoms with Gasteiger partial charge in [0, 0.05) is 6.54 Å². The molecule has 2 heterocycles. The molecular formula is C22H21ClN2O4S2. The highest BCUT2D eigenvalue weighted by molar-refractivity contribution is 8.24. The Hall–Kier alpha value is -2.29. The molecule has 0 aromatic heterocycles. The summed E-state index contributed by atoms with van der Waals surface area (Å²) in [6.07, 6.45) is 1.03. The van der Waals surface area contributed by atoms with Crippen LogP contribution in [0.15, 0.2) is 42.5 Å². The zero-order valence-electron chi connectivity index (χ0n) is 16.8. The van der Waals surface area contributed by atoms with E-state index in [1.807, 2.05) is 49.4 Å². The van der Waals surface area contributed by atoms with Crippen LogP contribution in [0.2, 0.25) is 5.02 Å². The summed E-state index contributed by atoms with van der Waals surface area (Å²) in [5.41, 5.74) is 2.04. The first-order valence-electron chi connectivity index (χ1n) is 9.93. The van der Waals surface area contributed by atoms with Crippen molar-refractivity contribution < 1.29 is 19.1 Å². The fraction of sp³-hybridized carbons (Fsp3) is 0.318. The fourth-order valence-electron chi connectivity index (χ4n) is 3.63. The Labute approximate surface area is 195 Å². The molecule has 0 aliphatic carbocycles. The first-order valence-corrected chi connectivity index (χ1v) is 11.6. The molecule has 2 unspecified atom stereocenters. The van der Waals surface area contributed by atoms with E-state index in [9.17, 15) is 9.59 Å². The molecule has 2 fully saturated rings. The number of amides is 2. The molecule has 2 amide bonds. The van der Waals surface area contributed by atoms with E-state index in [-0.39, 0.29) is 23.3 Å². The van der Waals surface area contributed by atoms with Crippen molar-refractivity contribution in [2.24, 2.45) is 0 Å². The number of rotatable bonds is 7. The molecule has 2 aliphatic heterocycles. The number of benzene rings is 2. The van der Waals surface area contributed by atoms with Crippen LogP contribution >= 0.6 is 35.6 Å². The number of likely N-dealkylation sites (N-methyl/N-ethyl adjacent to an activating group) is 1. The Kier molecular flexibility index (Phi) is 6.69. The van der Waals surface area contributed by atoms with Crippen molar-refractivity contribution in [3.63, 3.8) is 0 Å². The summed E-state index contributed by atoms with van der Waals surface area (Å²) < 4.78 is 11.6. The van der Waals surface area contributed by atoms with Crippen molar-refractivity contribution >= 4 is 51.9 Å². The van der Waals surface area contributed by atoms with Gasteiger partial charge in [-0.05, 0) is 55.2 Å². The lowest BCUT2D eigenvalue weighted by Crippen LogP contribution is -2.34. The van der Waals surface area contributed by atoms with Crippen molar-refractivity contribution in [3.8, 4) is 11.5 Å². The van der Waals surface area contributed by atoms with E-state index in [1.54, 1.807) is 4.90 Å². The summed E-state index contributed by atoms with van der Waals surface area (Å²) in [6.45, 7) is 3.00. The van der Waals surface area contributed by atoms with E-state index < -0.39 is 0 Å². The van der Waals surface area contributed by atoms with Gasteiger partial charge in [0.15, 0.2) is 0 Å². The molecule has 2 aromatic rings. The van der Waals surface area contributed by atoms with Gasteiger partial charge < -0.3 is 19.7 Å². The first-order chi connectivity index (χ1) is 14.9. The Morgan fingerprint density at radius 2 is 1.94 bits per heavy atom. The molecular weight excluding hydrogens is 456 g/mol. The highest BCUT2D eigenvalue weighted by Gasteiger charge is 2.31. The Bertz CT molecular complexity index is 1020. The third-order valence-electron chi connectivity index (χ3n) is 5.22. The molecule has 1 N–H and O–H groups in total. The number of hydrogen-bond acceptors (Lipinski definition) is 6. The van der Waals surface area contributed by atoms with Crippen LogP contribution in [0.1, 0.15) is 18.1 Å². The van der Waals surface area contributed by atoms with Gasteiger partial charge in [-0.2, -0.15) is 0 Å². The van der Waals surface area contributed by atoms with Gasteiger partial charge in [-0.1, -0.05) is 53.8 Å². The van der Waals surface area contributed by atoms with Gasteiger partial charge in [0.25, 0.3) is 0 Å². The number of nitrogens with zero attached hydrogens (tertiary/aromatic N) is 1. The van der Waals surface area contributed by atoms with Gasteiger partial charge in [0.2, 0.25) is 5.91 Å². The fourth-order valence-corrected chi connectivity index (χ4v) is 5.18. The third-order valence-corrected chi connectivity index (χ3v) is 6.89. The maximum Gasteiger partial charge on any atom is 0.410 e. The van der Waals surface area contributed by atoms with Crippen molar-refractivity contribution in [1.29, 1.82) is 0 Å². The number of hydrogen-bond donors (Lipinski definition) is 1. The van der Waals surface area contributed by atoms with Crippen LogP contribution in [0.5, 0.6) is 11.5 Å². The van der Waals surface area contributed by atoms with Crippen LogP contribution in [0.3, 0.4) is 0 Å². The zero-order valence-corrected chi connectivity index (χ0v) is 19.2. The molecule has 0 bridgehead atoms. The first kappa shape index (κ1) is 21.9. The normalized spacial score (nSPS) is 20.7. The topological polar surface area (TPSA) is 67.9 Å². The zero-order chi connectivity index (χ0) is 22.0. The predicted molar refractivity (Wildman–Crippen MR) is 125 cm³/mol. The Morgan fingerprint density at radius 3 is 2.58 bits per heavy atom. The number of thioether (sulfide) groups is 1. The summed E-state index contributed by atoms with van der Waals surface area (Å²) in [6, 6.07) is 13.3. The van der Waals surface area contributed by atoms with E-state index in [1.165, 1.54) is 11.8 Å². The van der Waals surface area contributed by atoms with Crippen molar-refractivity contribution in [2.45, 2.75) is 31.1 Å². The molecule has 0 spiro atoms. The van der Waals surface area contributed by atoms with E-state index in [4.69, 9.17) is 33.3 Å². The minimum atomic E-state index is -0.250. The number of carbonyl (C=O) groups excluding carboxylic acids is 2. The second-order valence-electron chi connectivity index (χ2n) is 7.32. The standard InChI is InChI=1S/C22H21ClN2O4S2/c1-2-25-15(12-28-22(25)27)9-13-3-6-16(7-4-13)29-18-8-5-14(10-17(18)23)11-19-20(26)24-21(30)31-19/h3-8,10,15,19H,2,9,11-12H2,1H3,(H,24,26,30). The van der Waals surface area contributed by atoms with Crippen LogP contribution < -0.4 is 10.1 Å². The summed E-state index contributed by atoms with van der Waals surface area (Å²) in [7, 11) is 0. The van der Waals surface area contributed by atoms with Crippen LogP contribution in [0.4, 0.5) is 4.79 Å². The lowest BCUT2D eigenvalue weighted by molar-refractivity contribution is -0.118. The van der Waals surface area contributed by atoms with Crippen LogP contribution in [0.25, 0.3) is 0 Å². The lowest BCUT2D eigenvalue weighted by Gasteiger charge is -2.19. The van der Waals surface area contributed by atoms with Crippen molar-refractivity contribution in [2.75, 3.05) is 13.2 Å². The Morgan fingerprint density at radius 1 is 1.19 bits per heavy atom. The number of halogens is 1. The van der Waals surface area contributed by atoms with Crippen LogP contribution in [-0.4, -0.2) is 45.7 Å². The largest absolute Gasteiger partial charge is 0.456 e. The molecule has 2 saturated heterocycles. The quantitative estimate of drug-likeness (QED) is 0.590. The SMILES string of the molecule is CCN1C(=O)OCC1Cc1ccc(Oc2ccc(CC3SC(=S)NC3=O)cc2Cl)cc1. The highest BCUT2D eigenvalue weighted by Crippen LogP contribution is 2.32. The number of thiocarbonyl (C=S) groups is 1. The minimum Gasteiger partial charge on any atom is -0.456 e. The third kappa shape index (κ3) is 5.14. The monoisotopic (exact) mass is 476 g/mol. The highest BCUT2D eigenvalue weighted by atomic mass is 35.5. The van der Waals surface area contributed by atoms with Gasteiger partial charge >= 0.3 is 6.09 Å². The van der Waals surface area contributed by atoms with E-state index in [0.29, 0.717) is 40.4 Å². The van der Waals surface area contributed by atoms with Crippen molar-refractivity contribution in [3.05, 3.63) is 58.6 Å². The lowest BCUT2D eigenvalue weighted by atomic mass is 10.1. The molecule has 9 heteroatoms. The molecule has 31 heavy (non-hydrogen) atoms. The molecule has 2 aliphatic rings. The number of nitrogens with one attached hydrogen (secondary N) is 1. The smallest absolute Gasteiger partial charge is 0.410 e. The van der Waals surface area contributed by atoms with Crippen LogP contribution in [0, 0.1) is 0 Å². The number of ether oxygens (including phenoxy) is 2. The van der Waals surface area contributed by atoms with Gasteiger partial charge in [0.1, 0.15) is 22.4 Å². The molecule has 2 aromatic carbocycles. The average molecular weight is 477 g/mol. The van der Waals surface area contributed by atoms with Gasteiger partial charge in [-0.3, -0.25) is 4.79 Å². The molecule has 6 nitrogen and oxygen atoms in total. The summed E-state index contributed by atoms with van der Waals surface area (Å²) in [4.78, 5) is 25.3. The molecule has 2 atom stereocenters. The van der Waals surface area contributed by atoms with E-state index in [0.717, 1.165) is 17.5 Å². The maximum absolute atomic E-state index is 11.9. The summed E-state index contributed by atoms with van der Waals surface area (Å²) >= 11 is 12.8. The average Bonchev–Trinajstić information content (AvgIpc) is 3.25. The molecule has 0 radical (unpaired) electrons. The maximum atomic E-state index is 11.9. The van der Waals surface area contributed by atoms with Gasteiger partial charge in [0.05, 0.1) is 16.3 Å². The second kappa shape index (κ2) is 9.46. The Balaban J connectivity index is 1.37. The number of carbonyl (C=O) groups is 2. The molecule has 162 valence electrons. The van der Waals surface area contributed by atoms with E-state index >= 15 is 0 Å². The van der Waals surface area contributed by atoms with Crippen molar-refractivity contribution in [1.82, 2.24) is 10.2 Å². The van der Waals surface area contributed by atoms with Gasteiger partial charge in [-0.15, -0.1) is 0 Å². The second-order valence-corrected chi connectivity index (χ2v) is 9.61. The molecule has 0 saturated carbocycles. The van der Waals surface area contributed by atoms with Crippen LogP contribution in [-0.2, 0) is 22.4 Å². The predicted octanol–water partition coefficient (Wildman–Crippen LogP) is 4.57.